The van der Waals surface area contributed by atoms with Crippen molar-refractivity contribution in [3.63, 3.8) is 0 Å². The van der Waals surface area contributed by atoms with Crippen LogP contribution in [0.2, 0.25) is 0 Å². The van der Waals surface area contributed by atoms with Crippen molar-refractivity contribution >= 4 is 5.97 Å². The highest BCUT2D eigenvalue weighted by Crippen LogP contribution is 2.67. The summed E-state index contributed by atoms with van der Waals surface area (Å²) in [7, 11) is 0. The maximum Gasteiger partial charge on any atom is 0.306 e. The third kappa shape index (κ3) is 3.61. The van der Waals surface area contributed by atoms with Crippen molar-refractivity contribution in [3.8, 4) is 0 Å². The van der Waals surface area contributed by atoms with Gasteiger partial charge in [0, 0.05) is 0 Å². The third-order valence-electron chi connectivity index (χ3n) is 10.5. The van der Waals surface area contributed by atoms with Crippen LogP contribution in [0.15, 0.2) is 11.6 Å². The highest BCUT2D eigenvalue weighted by atomic mass is 16.4. The average molecular weight is 401 g/mol. The molecule has 2 nitrogen and oxygen atoms in total. The van der Waals surface area contributed by atoms with Crippen LogP contribution in [-0.2, 0) is 4.79 Å². The summed E-state index contributed by atoms with van der Waals surface area (Å²) in [6.07, 6.45) is 18.5. The van der Waals surface area contributed by atoms with Gasteiger partial charge in [-0.2, -0.15) is 0 Å². The Hall–Kier alpha value is -0.790. The molecule has 0 aliphatic heterocycles. The Bertz CT molecular complexity index is 651. The van der Waals surface area contributed by atoms with Crippen LogP contribution >= 0.6 is 0 Å². The maximum absolute atomic E-state index is 11.1. The van der Waals surface area contributed by atoms with E-state index in [0.717, 1.165) is 42.4 Å². The lowest BCUT2D eigenvalue weighted by molar-refractivity contribution is -0.141. The van der Waals surface area contributed by atoms with Crippen LogP contribution in [0.4, 0.5) is 0 Å². The molecule has 1 unspecified atom stereocenters. The van der Waals surface area contributed by atoms with Crippen LogP contribution in [-0.4, -0.2) is 11.1 Å². The summed E-state index contributed by atoms with van der Waals surface area (Å²) < 4.78 is 0. The number of hydrogen-bond acceptors (Lipinski definition) is 1. The Morgan fingerprint density at radius 3 is 2.66 bits per heavy atom. The molecule has 0 radical (unpaired) electrons. The monoisotopic (exact) mass is 400 g/mol. The normalized spacial score (nSPS) is 43.5. The number of carbonyl (C=O) groups is 1. The van der Waals surface area contributed by atoms with Crippen molar-refractivity contribution in [1.29, 1.82) is 0 Å². The first-order chi connectivity index (χ1) is 13.8. The molecule has 0 aromatic heterocycles. The summed E-state index contributed by atoms with van der Waals surface area (Å²) in [5.74, 6) is 3.60. The van der Waals surface area contributed by atoms with Gasteiger partial charge in [-0.3, -0.25) is 4.79 Å². The Kier molecular flexibility index (Phi) is 5.95. The molecule has 3 saturated carbocycles. The van der Waals surface area contributed by atoms with E-state index in [0.29, 0.717) is 10.8 Å². The van der Waals surface area contributed by atoms with Crippen molar-refractivity contribution in [1.82, 2.24) is 0 Å². The summed E-state index contributed by atoms with van der Waals surface area (Å²) in [5.41, 5.74) is 2.87. The van der Waals surface area contributed by atoms with Crippen LogP contribution in [0.25, 0.3) is 0 Å². The van der Waals surface area contributed by atoms with Gasteiger partial charge in [0.1, 0.15) is 0 Å². The van der Waals surface area contributed by atoms with Crippen LogP contribution in [0.1, 0.15) is 105 Å². The van der Waals surface area contributed by atoms with Crippen LogP contribution < -0.4 is 0 Å². The first-order valence-corrected chi connectivity index (χ1v) is 12.7. The van der Waals surface area contributed by atoms with Crippen molar-refractivity contribution in [3.05, 3.63) is 11.6 Å². The zero-order valence-electron chi connectivity index (χ0n) is 19.4. The maximum atomic E-state index is 11.1. The molecule has 8 atom stereocenters. The summed E-state index contributed by atoms with van der Waals surface area (Å²) in [6.45, 7) is 9.60. The number of allylic oxidation sites excluding steroid dienone is 2. The predicted octanol–water partition coefficient (Wildman–Crippen LogP) is 7.48. The van der Waals surface area contributed by atoms with E-state index in [2.05, 4.69) is 26.8 Å². The van der Waals surface area contributed by atoms with E-state index >= 15 is 0 Å². The van der Waals surface area contributed by atoms with Gasteiger partial charge >= 0.3 is 5.97 Å². The van der Waals surface area contributed by atoms with Gasteiger partial charge in [0.05, 0.1) is 5.92 Å². The van der Waals surface area contributed by atoms with Crippen molar-refractivity contribution in [2.45, 2.75) is 105 Å². The zero-order valence-corrected chi connectivity index (χ0v) is 19.4. The number of hydrogen-bond donors (Lipinski definition) is 1. The molecule has 164 valence electrons. The average Bonchev–Trinajstić information content (AvgIpc) is 3.04. The van der Waals surface area contributed by atoms with Crippen LogP contribution in [0, 0.1) is 46.3 Å². The van der Waals surface area contributed by atoms with Gasteiger partial charge in [-0.05, 0) is 105 Å². The molecule has 4 aliphatic rings. The summed E-state index contributed by atoms with van der Waals surface area (Å²) >= 11 is 0. The zero-order chi connectivity index (χ0) is 20.8. The fourth-order valence-corrected chi connectivity index (χ4v) is 8.80. The minimum absolute atomic E-state index is 0.190. The molecule has 0 aromatic carbocycles. The first kappa shape index (κ1) is 21.4. The van der Waals surface area contributed by atoms with Gasteiger partial charge in [-0.25, -0.2) is 0 Å². The quantitative estimate of drug-likeness (QED) is 0.469. The molecule has 0 bridgehead atoms. The molecule has 0 aromatic rings. The molecular weight excluding hydrogens is 356 g/mol. The van der Waals surface area contributed by atoms with Crippen molar-refractivity contribution in [2.24, 2.45) is 46.3 Å². The standard InChI is InChI=1S/C27H44O2/c1-18(8-7-9-19(2)25(28)29)22-13-14-23-21-12-11-20-10-5-6-16-26(20,3)24(21)15-17-27(22,23)4/h10,18-19,21-24H,5-9,11-17H2,1-4H3,(H,28,29)/t18-,19?,21+,22-,23+,24+,26+,27-/m1/s1. The molecule has 29 heavy (non-hydrogen) atoms. The van der Waals surface area contributed by atoms with E-state index in [4.69, 9.17) is 5.11 Å². The van der Waals surface area contributed by atoms with Gasteiger partial charge in [0.15, 0.2) is 0 Å². The number of aliphatic carboxylic acids is 1. The molecule has 0 heterocycles. The molecule has 1 N–H and O–H groups in total. The van der Waals surface area contributed by atoms with E-state index < -0.39 is 5.97 Å². The van der Waals surface area contributed by atoms with Gasteiger partial charge in [0.2, 0.25) is 0 Å². The Morgan fingerprint density at radius 2 is 1.90 bits per heavy atom. The SMILES string of the molecule is CC(CCC[C@@H](C)[C@H]1CC[C@H]2[C@@H]3CCC4=CCCC[C@]4(C)[C@H]3CC[C@]12C)C(=O)O. The highest BCUT2D eigenvalue weighted by molar-refractivity contribution is 5.69. The summed E-state index contributed by atoms with van der Waals surface area (Å²) in [4.78, 5) is 11.1. The third-order valence-corrected chi connectivity index (χ3v) is 10.5. The van der Waals surface area contributed by atoms with Gasteiger partial charge in [-0.1, -0.05) is 52.2 Å². The number of carboxylic acids is 1. The minimum Gasteiger partial charge on any atom is -0.481 e. The number of fused-ring (bicyclic) bond motifs is 5. The number of carboxylic acid groups (broad SMARTS) is 1. The first-order valence-electron chi connectivity index (χ1n) is 12.7. The summed E-state index contributed by atoms with van der Waals surface area (Å²) in [5, 5.41) is 9.16. The lowest BCUT2D eigenvalue weighted by atomic mass is 9.46. The van der Waals surface area contributed by atoms with Gasteiger partial charge in [-0.15, -0.1) is 0 Å². The molecule has 0 spiro atoms. The second kappa shape index (κ2) is 8.04. The minimum atomic E-state index is -0.634. The van der Waals surface area contributed by atoms with Gasteiger partial charge < -0.3 is 5.11 Å². The van der Waals surface area contributed by atoms with Crippen molar-refractivity contribution < 1.29 is 9.90 Å². The fourth-order valence-electron chi connectivity index (χ4n) is 8.80. The highest BCUT2D eigenvalue weighted by Gasteiger charge is 2.59. The van der Waals surface area contributed by atoms with Gasteiger partial charge in [0.25, 0.3) is 0 Å². The molecule has 4 aliphatic carbocycles. The fraction of sp³-hybridized carbons (Fsp3) is 0.889. The lowest BCUT2D eigenvalue weighted by Gasteiger charge is -2.58. The number of rotatable bonds is 6. The smallest absolute Gasteiger partial charge is 0.306 e. The molecule has 4 rings (SSSR count). The second-order valence-electron chi connectivity index (χ2n) is 11.8. The van der Waals surface area contributed by atoms with Crippen LogP contribution in [0.5, 0.6) is 0 Å². The largest absolute Gasteiger partial charge is 0.481 e. The Balaban J connectivity index is 1.43. The van der Waals surface area contributed by atoms with E-state index in [1.807, 2.05) is 12.5 Å². The van der Waals surface area contributed by atoms with Crippen molar-refractivity contribution in [2.75, 3.05) is 0 Å². The lowest BCUT2D eigenvalue weighted by Crippen LogP contribution is -2.50. The topological polar surface area (TPSA) is 37.3 Å². The van der Waals surface area contributed by atoms with E-state index in [9.17, 15) is 4.79 Å². The molecule has 2 heteroatoms. The Morgan fingerprint density at radius 1 is 1.10 bits per heavy atom. The molecular formula is C27H44O2. The molecule has 3 fully saturated rings. The molecule has 0 amide bonds. The predicted molar refractivity (Wildman–Crippen MR) is 120 cm³/mol. The Labute approximate surface area is 178 Å². The van der Waals surface area contributed by atoms with E-state index in [1.54, 1.807) is 0 Å². The van der Waals surface area contributed by atoms with E-state index in [1.165, 1.54) is 64.2 Å². The van der Waals surface area contributed by atoms with Crippen LogP contribution in [0.3, 0.4) is 0 Å². The molecule has 0 saturated heterocycles. The van der Waals surface area contributed by atoms with E-state index in [-0.39, 0.29) is 5.92 Å². The summed E-state index contributed by atoms with van der Waals surface area (Å²) in [6, 6.07) is 0. The second-order valence-corrected chi connectivity index (χ2v) is 11.8.